The number of fused-ring (bicyclic) bond motifs is 2. The SMILES string of the molecule is COc1cc2c(OC)c(-c3c(C)cc4c(C(=O)N(Cc5cccc(Cl)c5)Cc5cccc(Cl)c5)c(OC)c(OC)cc4c3OC)c(C)cc2c(C(N)=O)c1OC. The molecule has 56 heavy (non-hydrogen) atoms. The van der Waals surface area contributed by atoms with Crippen LogP contribution in [0.2, 0.25) is 10.0 Å². The summed E-state index contributed by atoms with van der Waals surface area (Å²) in [5.41, 5.74) is 11.0. The summed E-state index contributed by atoms with van der Waals surface area (Å²) in [6.07, 6.45) is 0. The Kier molecular flexibility index (Phi) is 11.7. The molecule has 0 aliphatic carbocycles. The number of benzene rings is 6. The van der Waals surface area contributed by atoms with Gasteiger partial charge in [-0.25, -0.2) is 0 Å². The summed E-state index contributed by atoms with van der Waals surface area (Å²) in [7, 11) is 9.09. The first-order chi connectivity index (χ1) is 26.9. The van der Waals surface area contributed by atoms with E-state index >= 15 is 4.79 Å². The molecule has 0 spiro atoms. The van der Waals surface area contributed by atoms with Crippen LogP contribution >= 0.6 is 23.2 Å². The zero-order valence-electron chi connectivity index (χ0n) is 32.4. The van der Waals surface area contributed by atoms with Gasteiger partial charge in [-0.3, -0.25) is 9.59 Å². The van der Waals surface area contributed by atoms with Crippen molar-refractivity contribution in [3.8, 4) is 45.6 Å². The summed E-state index contributed by atoms with van der Waals surface area (Å²) >= 11 is 12.8. The second-order valence-electron chi connectivity index (χ2n) is 13.2. The molecule has 6 rings (SSSR count). The first kappa shape index (κ1) is 39.8. The highest BCUT2D eigenvalue weighted by molar-refractivity contribution is 6.31. The number of rotatable bonds is 13. The quantitative estimate of drug-likeness (QED) is 0.123. The third-order valence-corrected chi connectivity index (χ3v) is 10.3. The molecule has 0 radical (unpaired) electrons. The van der Waals surface area contributed by atoms with Crippen molar-refractivity contribution in [2.24, 2.45) is 5.73 Å². The molecule has 0 unspecified atom stereocenters. The molecule has 10 nitrogen and oxygen atoms in total. The van der Waals surface area contributed by atoms with E-state index in [1.807, 2.05) is 62.4 Å². The number of hydrogen-bond donors (Lipinski definition) is 1. The Morgan fingerprint density at radius 3 is 1.34 bits per heavy atom. The van der Waals surface area contributed by atoms with E-state index in [1.165, 1.54) is 28.4 Å². The fourth-order valence-corrected chi connectivity index (χ4v) is 7.90. The molecule has 2 N–H and O–H groups in total. The Balaban J connectivity index is 1.65. The van der Waals surface area contributed by atoms with Crippen molar-refractivity contribution in [3.63, 3.8) is 0 Å². The zero-order valence-corrected chi connectivity index (χ0v) is 33.9. The van der Waals surface area contributed by atoms with Crippen LogP contribution in [-0.2, 0) is 13.1 Å². The topological polar surface area (TPSA) is 119 Å². The summed E-state index contributed by atoms with van der Waals surface area (Å²) < 4.78 is 35.5. The zero-order chi connectivity index (χ0) is 40.4. The van der Waals surface area contributed by atoms with Crippen molar-refractivity contribution in [1.82, 2.24) is 4.90 Å². The molecule has 6 aromatic rings. The van der Waals surface area contributed by atoms with E-state index in [4.69, 9.17) is 57.4 Å². The van der Waals surface area contributed by atoms with E-state index < -0.39 is 5.91 Å². The van der Waals surface area contributed by atoms with Crippen LogP contribution in [0.25, 0.3) is 32.7 Å². The van der Waals surface area contributed by atoms with Crippen LogP contribution in [0.4, 0.5) is 0 Å². The highest BCUT2D eigenvalue weighted by Gasteiger charge is 2.31. The highest BCUT2D eigenvalue weighted by atomic mass is 35.5. The van der Waals surface area contributed by atoms with Crippen LogP contribution in [0.5, 0.6) is 34.5 Å². The Bertz CT molecular complexity index is 2470. The number of hydrogen-bond acceptors (Lipinski definition) is 8. The number of aryl methyl sites for hydroxylation is 2. The molecule has 0 atom stereocenters. The average Bonchev–Trinajstić information content (AvgIpc) is 3.18. The van der Waals surface area contributed by atoms with Gasteiger partial charge in [0.1, 0.15) is 11.5 Å². The van der Waals surface area contributed by atoms with Crippen LogP contribution in [0.1, 0.15) is 43.0 Å². The van der Waals surface area contributed by atoms with Gasteiger partial charge in [0.15, 0.2) is 23.0 Å². The van der Waals surface area contributed by atoms with Gasteiger partial charge in [-0.15, -0.1) is 0 Å². The van der Waals surface area contributed by atoms with Gasteiger partial charge in [0.05, 0.1) is 53.8 Å². The van der Waals surface area contributed by atoms with Crippen LogP contribution in [-0.4, -0.2) is 59.4 Å². The first-order valence-corrected chi connectivity index (χ1v) is 18.3. The number of carbonyl (C=O) groups excluding carboxylic acids is 2. The summed E-state index contributed by atoms with van der Waals surface area (Å²) in [6.45, 7) is 4.31. The monoisotopic (exact) mass is 796 g/mol. The number of halogens is 2. The van der Waals surface area contributed by atoms with Gasteiger partial charge in [0.25, 0.3) is 11.8 Å². The molecule has 6 aromatic carbocycles. The molecule has 0 bridgehead atoms. The highest BCUT2D eigenvalue weighted by Crippen LogP contribution is 2.52. The van der Waals surface area contributed by atoms with E-state index in [2.05, 4.69) is 0 Å². The van der Waals surface area contributed by atoms with Crippen LogP contribution in [0, 0.1) is 13.8 Å². The fraction of sp³-hybridized carbons (Fsp3) is 0.227. The van der Waals surface area contributed by atoms with E-state index in [-0.39, 0.29) is 41.6 Å². The Morgan fingerprint density at radius 2 is 0.964 bits per heavy atom. The van der Waals surface area contributed by atoms with Gasteiger partial charge >= 0.3 is 0 Å². The molecule has 0 fully saturated rings. The molecule has 0 aliphatic heterocycles. The first-order valence-electron chi connectivity index (χ1n) is 17.5. The summed E-state index contributed by atoms with van der Waals surface area (Å²) in [6, 6.07) is 22.1. The molecule has 0 heterocycles. The lowest BCUT2D eigenvalue weighted by molar-refractivity contribution is 0.0728. The minimum atomic E-state index is -0.683. The maximum atomic E-state index is 15.2. The number of ether oxygens (including phenoxy) is 6. The Morgan fingerprint density at radius 1 is 0.554 bits per heavy atom. The molecule has 2 amide bonds. The smallest absolute Gasteiger partial charge is 0.259 e. The third kappa shape index (κ3) is 7.18. The van der Waals surface area contributed by atoms with Crippen molar-refractivity contribution < 1.29 is 38.0 Å². The van der Waals surface area contributed by atoms with E-state index in [1.54, 1.807) is 43.4 Å². The summed E-state index contributed by atoms with van der Waals surface area (Å²) in [4.78, 5) is 29.7. The molecule has 0 aromatic heterocycles. The third-order valence-electron chi connectivity index (χ3n) is 9.80. The summed E-state index contributed by atoms with van der Waals surface area (Å²) in [5.74, 6) is 1.03. The number of nitrogens with two attached hydrogens (primary N) is 1. The molecule has 0 aliphatic rings. The van der Waals surface area contributed by atoms with E-state index in [0.29, 0.717) is 65.7 Å². The molecule has 0 saturated carbocycles. The van der Waals surface area contributed by atoms with Gasteiger partial charge in [-0.2, -0.15) is 0 Å². The second-order valence-corrected chi connectivity index (χ2v) is 14.0. The van der Waals surface area contributed by atoms with Crippen LogP contribution < -0.4 is 34.2 Å². The molecule has 12 heteroatoms. The number of methoxy groups -OCH3 is 6. The number of carbonyl (C=O) groups is 2. The molecule has 0 saturated heterocycles. The van der Waals surface area contributed by atoms with Crippen LogP contribution in [0.3, 0.4) is 0 Å². The number of amides is 2. The van der Waals surface area contributed by atoms with Crippen molar-refractivity contribution in [2.45, 2.75) is 26.9 Å². The van der Waals surface area contributed by atoms with Gasteiger partial charge < -0.3 is 39.1 Å². The molecular formula is C44H42Cl2N2O8. The predicted molar refractivity (Wildman–Crippen MR) is 221 cm³/mol. The number of nitrogens with zero attached hydrogens (tertiary/aromatic N) is 1. The lowest BCUT2D eigenvalue weighted by atomic mass is 9.87. The van der Waals surface area contributed by atoms with Crippen molar-refractivity contribution in [1.29, 1.82) is 0 Å². The van der Waals surface area contributed by atoms with Crippen LogP contribution in [0.15, 0.2) is 72.8 Å². The van der Waals surface area contributed by atoms with Gasteiger partial charge in [0, 0.05) is 55.8 Å². The lowest BCUT2D eigenvalue weighted by Gasteiger charge is -2.27. The molecule has 290 valence electrons. The largest absolute Gasteiger partial charge is 0.495 e. The predicted octanol–water partition coefficient (Wildman–Crippen LogP) is 9.58. The number of primary amides is 1. The lowest BCUT2D eigenvalue weighted by Crippen LogP contribution is -2.31. The minimum Gasteiger partial charge on any atom is -0.495 e. The van der Waals surface area contributed by atoms with E-state index in [9.17, 15) is 4.79 Å². The maximum absolute atomic E-state index is 15.2. The van der Waals surface area contributed by atoms with E-state index in [0.717, 1.165) is 22.3 Å². The van der Waals surface area contributed by atoms with Gasteiger partial charge in [0.2, 0.25) is 0 Å². The maximum Gasteiger partial charge on any atom is 0.259 e. The second kappa shape index (κ2) is 16.5. The Labute approximate surface area is 335 Å². The summed E-state index contributed by atoms with van der Waals surface area (Å²) in [5, 5.41) is 3.38. The van der Waals surface area contributed by atoms with Crippen molar-refractivity contribution in [3.05, 3.63) is 116 Å². The fourth-order valence-electron chi connectivity index (χ4n) is 7.47. The Hall–Kier alpha value is -5.84. The normalized spacial score (nSPS) is 11.0. The minimum absolute atomic E-state index is 0.164. The van der Waals surface area contributed by atoms with Gasteiger partial charge in [-0.1, -0.05) is 47.5 Å². The average molecular weight is 798 g/mol. The van der Waals surface area contributed by atoms with Gasteiger partial charge in [-0.05, 0) is 84.6 Å². The van der Waals surface area contributed by atoms with Crippen molar-refractivity contribution in [2.75, 3.05) is 42.7 Å². The standard InChI is InChI=1S/C44H42Cl2N2O8/c1-23-15-29-31(19-33(51-3)41(55-7)37(29)43(47)49)39(53-5)35(23)36-24(2)16-30-32(40(36)54-6)20-34(52-4)42(56-8)38(30)44(50)48(21-25-11-9-13-27(45)17-25)22-26-12-10-14-28(46)18-26/h9-20H,21-22H2,1-8H3,(H2,47,49). The van der Waals surface area contributed by atoms with Crippen molar-refractivity contribution >= 4 is 56.6 Å². The molecular weight excluding hydrogens is 755 g/mol.